The third-order valence-electron chi connectivity index (χ3n) is 5.64. The Hall–Kier alpha value is -2.97. The third kappa shape index (κ3) is 5.03. The van der Waals surface area contributed by atoms with Crippen LogP contribution in [-0.2, 0) is 22.5 Å². The number of nitrogens with one attached hydrogen (secondary N) is 2. The van der Waals surface area contributed by atoms with E-state index in [0.29, 0.717) is 0 Å². The molecule has 1 atom stereocenters. The molecule has 0 aliphatic carbocycles. The predicted molar refractivity (Wildman–Crippen MR) is 119 cm³/mol. The molecule has 8 nitrogen and oxygen atoms in total. The van der Waals surface area contributed by atoms with E-state index in [4.69, 9.17) is 4.74 Å². The number of fused-ring (bicyclic) bond motifs is 1. The fourth-order valence-corrected chi connectivity index (χ4v) is 3.89. The molecule has 0 bridgehead atoms. The average Bonchev–Trinajstić information content (AvgIpc) is 3.24. The van der Waals surface area contributed by atoms with Crippen LogP contribution in [-0.4, -0.2) is 51.6 Å². The second-order valence-corrected chi connectivity index (χ2v) is 7.79. The Kier molecular flexibility index (Phi) is 6.79. The predicted octanol–water partition coefficient (Wildman–Crippen LogP) is 2.43. The fourth-order valence-electron chi connectivity index (χ4n) is 3.89. The second-order valence-electron chi connectivity index (χ2n) is 7.79. The molecule has 1 aromatic carbocycles. The smallest absolute Gasteiger partial charge is 0.224 e. The van der Waals surface area contributed by atoms with Crippen molar-refractivity contribution in [1.82, 2.24) is 20.1 Å². The van der Waals surface area contributed by atoms with Crippen molar-refractivity contribution in [1.29, 1.82) is 0 Å². The lowest BCUT2D eigenvalue weighted by Gasteiger charge is -2.25. The number of aryl methyl sites for hydroxylation is 1. The van der Waals surface area contributed by atoms with E-state index in [-0.39, 0.29) is 24.9 Å². The molecule has 2 aromatic heterocycles. The van der Waals surface area contributed by atoms with E-state index in [2.05, 4.69) is 20.7 Å². The van der Waals surface area contributed by atoms with Crippen LogP contribution in [0.15, 0.2) is 42.7 Å². The summed E-state index contributed by atoms with van der Waals surface area (Å²) in [5.74, 6) is -0.158. The lowest BCUT2D eigenvalue weighted by Crippen LogP contribution is -2.31. The first-order valence-corrected chi connectivity index (χ1v) is 10.8. The van der Waals surface area contributed by atoms with Gasteiger partial charge >= 0.3 is 0 Å². The lowest BCUT2D eigenvalue weighted by molar-refractivity contribution is -0.120. The lowest BCUT2D eigenvalue weighted by atomic mass is 10.0. The molecule has 3 N–H and O–H groups in total. The molecule has 0 spiro atoms. The van der Waals surface area contributed by atoms with Gasteiger partial charge in [0.1, 0.15) is 0 Å². The van der Waals surface area contributed by atoms with Gasteiger partial charge in [0.15, 0.2) is 5.65 Å². The zero-order valence-corrected chi connectivity index (χ0v) is 17.8. The van der Waals surface area contributed by atoms with Crippen LogP contribution in [0, 0.1) is 0 Å². The number of aliphatic hydroxyl groups is 1. The van der Waals surface area contributed by atoms with Crippen LogP contribution in [0.4, 0.5) is 5.69 Å². The molecule has 0 radical (unpaired) electrons. The van der Waals surface area contributed by atoms with Crippen LogP contribution in [0.2, 0.25) is 0 Å². The highest BCUT2D eigenvalue weighted by molar-refractivity contribution is 5.93. The normalized spacial score (nSPS) is 15.7. The Morgan fingerprint density at radius 2 is 2.03 bits per heavy atom. The van der Waals surface area contributed by atoms with E-state index >= 15 is 0 Å². The summed E-state index contributed by atoms with van der Waals surface area (Å²) in [6.07, 6.45) is 4.83. The molecule has 3 heterocycles. The summed E-state index contributed by atoms with van der Waals surface area (Å²) < 4.78 is 7.33. The maximum Gasteiger partial charge on any atom is 0.224 e. The van der Waals surface area contributed by atoms with Crippen molar-refractivity contribution in [2.75, 3.05) is 25.1 Å². The van der Waals surface area contributed by atoms with Crippen molar-refractivity contribution in [3.8, 4) is 0 Å². The van der Waals surface area contributed by atoms with Gasteiger partial charge in [0.2, 0.25) is 5.91 Å². The van der Waals surface area contributed by atoms with Gasteiger partial charge in [-0.25, -0.2) is 9.67 Å². The van der Waals surface area contributed by atoms with Gasteiger partial charge in [0, 0.05) is 44.1 Å². The van der Waals surface area contributed by atoms with Gasteiger partial charge in [0.25, 0.3) is 0 Å². The maximum atomic E-state index is 12.7. The maximum absolute atomic E-state index is 12.7. The monoisotopic (exact) mass is 423 g/mol. The van der Waals surface area contributed by atoms with Crippen molar-refractivity contribution >= 4 is 22.6 Å². The number of nitrogens with zero attached hydrogens (tertiary/aromatic N) is 3. The number of carbonyl (C=O) groups excluding carboxylic acids is 1. The molecule has 3 aromatic rings. The molecule has 164 valence electrons. The Balaban J connectivity index is 1.50. The zero-order valence-electron chi connectivity index (χ0n) is 17.8. The third-order valence-corrected chi connectivity index (χ3v) is 5.64. The van der Waals surface area contributed by atoms with Gasteiger partial charge in [-0.2, -0.15) is 5.10 Å². The number of hydrogen-bond donors (Lipinski definition) is 3. The van der Waals surface area contributed by atoms with E-state index in [1.165, 1.54) is 0 Å². The molecule has 1 fully saturated rings. The first kappa shape index (κ1) is 21.3. The Morgan fingerprint density at radius 1 is 1.26 bits per heavy atom. The first-order valence-electron chi connectivity index (χ1n) is 10.8. The fraction of sp³-hybridized carbons (Fsp3) is 0.435. The Labute approximate surface area is 181 Å². The molecular weight excluding hydrogens is 394 g/mol. The van der Waals surface area contributed by atoms with Gasteiger partial charge in [-0.3, -0.25) is 4.79 Å². The van der Waals surface area contributed by atoms with Crippen LogP contribution in [0.25, 0.3) is 11.0 Å². The summed E-state index contributed by atoms with van der Waals surface area (Å²) in [6, 6.07) is 9.60. The number of ether oxygens (including phenoxy) is 1. The second kappa shape index (κ2) is 9.89. The number of benzene rings is 1. The van der Waals surface area contributed by atoms with Gasteiger partial charge < -0.3 is 20.5 Å². The molecule has 0 saturated carbocycles. The molecule has 1 saturated heterocycles. The Bertz CT molecular complexity index is 1010. The molecular formula is C23H29N5O3. The van der Waals surface area contributed by atoms with Crippen LogP contribution >= 0.6 is 0 Å². The molecule has 31 heavy (non-hydrogen) atoms. The minimum atomic E-state index is -0.742. The molecule has 8 heteroatoms. The van der Waals surface area contributed by atoms with Crippen molar-refractivity contribution in [3.05, 3.63) is 53.9 Å². The molecule has 0 unspecified atom stereocenters. The van der Waals surface area contributed by atoms with Gasteiger partial charge in [-0.1, -0.05) is 30.3 Å². The van der Waals surface area contributed by atoms with Gasteiger partial charge in [0.05, 0.1) is 29.8 Å². The number of rotatable bonds is 8. The summed E-state index contributed by atoms with van der Waals surface area (Å²) in [5.41, 5.74) is 3.32. The highest BCUT2D eigenvalue weighted by atomic mass is 16.5. The van der Waals surface area contributed by atoms with E-state index < -0.39 is 6.10 Å². The summed E-state index contributed by atoms with van der Waals surface area (Å²) in [6.45, 7) is 4.37. The van der Waals surface area contributed by atoms with Crippen LogP contribution < -0.4 is 10.6 Å². The number of anilines is 1. The van der Waals surface area contributed by atoms with Gasteiger partial charge in [-0.05, 0) is 25.3 Å². The minimum absolute atomic E-state index is 0.158. The van der Waals surface area contributed by atoms with E-state index in [9.17, 15) is 9.90 Å². The van der Waals surface area contributed by atoms with E-state index in [0.717, 1.165) is 60.4 Å². The Morgan fingerprint density at radius 3 is 2.77 bits per heavy atom. The number of amides is 1. The van der Waals surface area contributed by atoms with Crippen molar-refractivity contribution in [3.63, 3.8) is 0 Å². The number of pyridine rings is 1. The highest BCUT2D eigenvalue weighted by Crippen LogP contribution is 2.28. The van der Waals surface area contributed by atoms with Crippen LogP contribution in [0.1, 0.15) is 37.0 Å². The average molecular weight is 424 g/mol. The SMILES string of the molecule is CCn1ncc2c(NC3CCOCC3)c(CC(=O)NC[C@H](O)c3ccccc3)cnc21. The van der Waals surface area contributed by atoms with Crippen molar-refractivity contribution in [2.45, 2.75) is 44.9 Å². The molecule has 4 rings (SSSR count). The van der Waals surface area contributed by atoms with Gasteiger partial charge in [-0.15, -0.1) is 0 Å². The van der Waals surface area contributed by atoms with Crippen molar-refractivity contribution in [2.24, 2.45) is 0 Å². The topological polar surface area (TPSA) is 101 Å². The summed E-state index contributed by atoms with van der Waals surface area (Å²) in [5, 5.41) is 22.1. The summed E-state index contributed by atoms with van der Waals surface area (Å²) in [4.78, 5) is 17.2. The molecule has 1 amide bonds. The number of hydrogen-bond acceptors (Lipinski definition) is 6. The highest BCUT2D eigenvalue weighted by Gasteiger charge is 2.20. The summed E-state index contributed by atoms with van der Waals surface area (Å²) in [7, 11) is 0. The largest absolute Gasteiger partial charge is 0.387 e. The van der Waals surface area contributed by atoms with Crippen molar-refractivity contribution < 1.29 is 14.6 Å². The van der Waals surface area contributed by atoms with Crippen LogP contribution in [0.3, 0.4) is 0 Å². The quantitative estimate of drug-likeness (QED) is 0.514. The number of aromatic nitrogens is 3. The number of carbonyl (C=O) groups is 1. The summed E-state index contributed by atoms with van der Waals surface area (Å²) >= 11 is 0. The zero-order chi connectivity index (χ0) is 21.6. The molecule has 1 aliphatic heterocycles. The molecule has 1 aliphatic rings. The van der Waals surface area contributed by atoms with E-state index in [1.807, 2.05) is 48.1 Å². The first-order chi connectivity index (χ1) is 15.2. The number of aliphatic hydroxyl groups excluding tert-OH is 1. The van der Waals surface area contributed by atoms with E-state index in [1.54, 1.807) is 6.20 Å². The minimum Gasteiger partial charge on any atom is -0.387 e. The standard InChI is InChI=1S/C23H29N5O3/c1-2-28-23-19(14-26-28)22(27-18-8-10-31-11-9-18)17(13-25-23)12-21(30)24-15-20(29)16-6-4-3-5-7-16/h3-7,13-14,18,20,29H,2,8-12,15H2,1H3,(H,24,30)(H,25,27)/t20-/m0/s1. The van der Waals surface area contributed by atoms with Crippen LogP contribution in [0.5, 0.6) is 0 Å².